The van der Waals surface area contributed by atoms with E-state index in [1.807, 2.05) is 0 Å². The maximum Gasteiger partial charge on any atom is 0.159 e. The van der Waals surface area contributed by atoms with Crippen LogP contribution in [0.25, 0.3) is 67.2 Å². The Morgan fingerprint density at radius 1 is 0.400 bits per heavy atom. The third-order valence-corrected chi connectivity index (χ3v) is 12.3. The van der Waals surface area contributed by atoms with Crippen molar-refractivity contribution in [2.45, 2.75) is 13.1 Å². The first-order valence-corrected chi connectivity index (χ1v) is 18.5. The normalized spacial score (nSPS) is 12.8. The van der Waals surface area contributed by atoms with Crippen molar-refractivity contribution >= 4 is 18.6 Å². The third kappa shape index (κ3) is 4.82. The second-order valence-corrected chi connectivity index (χ2v) is 16.5. The summed E-state index contributed by atoms with van der Waals surface area (Å²) in [5, 5.41) is 2.63. The molecule has 0 atom stereocenters. The topological polar surface area (TPSA) is 25.8 Å². The van der Waals surface area contributed by atoms with E-state index in [2.05, 4.69) is 171 Å². The van der Waals surface area contributed by atoms with E-state index in [1.165, 1.54) is 49.4 Å². The summed E-state index contributed by atoms with van der Waals surface area (Å²) in [6.07, 6.45) is 0. The van der Waals surface area contributed by atoms with E-state index in [4.69, 9.17) is 9.97 Å². The molecule has 214 valence electrons. The van der Waals surface area contributed by atoms with Gasteiger partial charge in [-0.1, -0.05) is 147 Å². The summed E-state index contributed by atoms with van der Waals surface area (Å²) < 4.78 is 0. The average Bonchev–Trinajstić information content (AvgIpc) is 3.35. The lowest BCUT2D eigenvalue weighted by Gasteiger charge is -2.19. The maximum absolute atomic E-state index is 5.46. The number of fused-ring (bicyclic) bond motifs is 3. The Kier molecular flexibility index (Phi) is 6.62. The summed E-state index contributed by atoms with van der Waals surface area (Å²) in [4.78, 5) is 10.9. The van der Waals surface area contributed by atoms with Gasteiger partial charge in [-0.15, -0.1) is 0 Å². The first kappa shape index (κ1) is 27.2. The summed E-state index contributed by atoms with van der Waals surface area (Å²) in [6.45, 7) is 4.85. The van der Waals surface area contributed by atoms with Gasteiger partial charge in [0, 0.05) is 22.0 Å². The molecular formula is C42H32N2Si. The largest absolute Gasteiger partial charge is 0.237 e. The Labute approximate surface area is 265 Å². The number of hydrogen-bond donors (Lipinski definition) is 0. The van der Waals surface area contributed by atoms with Crippen molar-refractivity contribution in [3.63, 3.8) is 0 Å². The molecule has 0 spiro atoms. The van der Waals surface area contributed by atoms with Crippen LogP contribution in [0.3, 0.4) is 0 Å². The highest BCUT2D eigenvalue weighted by Gasteiger charge is 2.41. The molecule has 0 unspecified atom stereocenters. The average molecular weight is 593 g/mol. The zero-order valence-corrected chi connectivity index (χ0v) is 26.4. The molecule has 0 bridgehead atoms. The van der Waals surface area contributed by atoms with Crippen LogP contribution < -0.4 is 10.5 Å². The molecule has 0 radical (unpaired) electrons. The Balaban J connectivity index is 1.41. The Morgan fingerprint density at radius 3 is 1.49 bits per heavy atom. The van der Waals surface area contributed by atoms with Crippen molar-refractivity contribution in [2.24, 2.45) is 0 Å². The van der Waals surface area contributed by atoms with Gasteiger partial charge in [-0.3, -0.25) is 0 Å². The molecule has 2 heterocycles. The first-order chi connectivity index (χ1) is 22.1. The van der Waals surface area contributed by atoms with Gasteiger partial charge in [-0.05, 0) is 68.4 Å². The smallest absolute Gasteiger partial charge is 0.159 e. The predicted molar refractivity (Wildman–Crippen MR) is 191 cm³/mol. The minimum absolute atomic E-state index is 0.779. The van der Waals surface area contributed by atoms with Crippen LogP contribution in [0.2, 0.25) is 13.1 Å². The first-order valence-electron chi connectivity index (χ1n) is 15.5. The maximum atomic E-state index is 5.46. The summed E-state index contributed by atoms with van der Waals surface area (Å²) >= 11 is 0. The lowest BCUT2D eigenvalue weighted by atomic mass is 9.92. The van der Waals surface area contributed by atoms with Gasteiger partial charge in [0.2, 0.25) is 0 Å². The molecule has 1 aliphatic heterocycles. The van der Waals surface area contributed by atoms with Crippen LogP contribution in [-0.4, -0.2) is 18.0 Å². The van der Waals surface area contributed by atoms with Crippen LogP contribution >= 0.6 is 0 Å². The SMILES string of the molecule is C[Si]1(C)c2ccccc2-c2c(-c3cc(-c4ccccc4)cc(-c4ccccc4)c3)nc(-c3cccc(-c4ccccc4)c3)nc21. The Bertz CT molecular complexity index is 2110. The highest BCUT2D eigenvalue weighted by molar-refractivity contribution is 7.03. The molecular weight excluding hydrogens is 561 g/mol. The fraction of sp³-hybridized carbons (Fsp3) is 0.0476. The predicted octanol–water partition coefficient (Wildman–Crippen LogP) is 9.61. The second-order valence-electron chi connectivity index (χ2n) is 12.3. The minimum atomic E-state index is -2.09. The fourth-order valence-electron chi connectivity index (χ4n) is 6.71. The van der Waals surface area contributed by atoms with E-state index in [-0.39, 0.29) is 0 Å². The summed E-state index contributed by atoms with van der Waals surface area (Å²) in [5.74, 6) is 0.779. The van der Waals surface area contributed by atoms with E-state index in [0.29, 0.717) is 0 Å². The van der Waals surface area contributed by atoms with Crippen molar-refractivity contribution in [3.8, 4) is 67.2 Å². The second kappa shape index (κ2) is 11.0. The molecule has 0 N–H and O–H groups in total. The summed E-state index contributed by atoms with van der Waals surface area (Å²) in [6, 6.07) is 56.3. The van der Waals surface area contributed by atoms with E-state index < -0.39 is 8.07 Å². The quantitative estimate of drug-likeness (QED) is 0.186. The molecule has 45 heavy (non-hydrogen) atoms. The van der Waals surface area contributed by atoms with Crippen molar-refractivity contribution in [1.82, 2.24) is 9.97 Å². The van der Waals surface area contributed by atoms with Crippen LogP contribution in [0.1, 0.15) is 0 Å². The molecule has 7 aromatic rings. The zero-order chi connectivity index (χ0) is 30.4. The Morgan fingerprint density at radius 2 is 0.867 bits per heavy atom. The van der Waals surface area contributed by atoms with Gasteiger partial charge in [0.05, 0.1) is 5.69 Å². The van der Waals surface area contributed by atoms with E-state index in [1.54, 1.807) is 0 Å². The molecule has 0 amide bonds. The number of benzene rings is 6. The number of rotatable bonds is 5. The highest BCUT2D eigenvalue weighted by Crippen LogP contribution is 2.39. The standard InChI is InChI=1S/C42H32N2Si/c1-45(2)38-24-13-12-23-37(38)39-40(43-41(44-42(39)45)33-22-14-21-32(25-33)29-15-6-3-7-16-29)36-27-34(30-17-8-4-9-18-30)26-35(28-36)31-19-10-5-11-20-31/h3-28H,1-2H3. The van der Waals surface area contributed by atoms with Gasteiger partial charge >= 0.3 is 0 Å². The molecule has 0 saturated carbocycles. The van der Waals surface area contributed by atoms with Crippen LogP contribution in [0.15, 0.2) is 158 Å². The molecule has 2 nitrogen and oxygen atoms in total. The molecule has 1 aliphatic rings. The van der Waals surface area contributed by atoms with Gasteiger partial charge in [0.15, 0.2) is 5.82 Å². The lowest BCUT2D eigenvalue weighted by molar-refractivity contribution is 1.21. The van der Waals surface area contributed by atoms with Crippen LogP contribution in [0.4, 0.5) is 0 Å². The molecule has 8 rings (SSSR count). The van der Waals surface area contributed by atoms with Crippen LogP contribution in [0.5, 0.6) is 0 Å². The van der Waals surface area contributed by atoms with E-state index >= 15 is 0 Å². The molecule has 1 aromatic heterocycles. The minimum Gasteiger partial charge on any atom is -0.237 e. The third-order valence-electron chi connectivity index (χ3n) is 9.02. The van der Waals surface area contributed by atoms with E-state index in [9.17, 15) is 0 Å². The van der Waals surface area contributed by atoms with Crippen molar-refractivity contribution in [1.29, 1.82) is 0 Å². The molecule has 0 saturated heterocycles. The van der Waals surface area contributed by atoms with E-state index in [0.717, 1.165) is 28.2 Å². The van der Waals surface area contributed by atoms with Crippen molar-refractivity contribution < 1.29 is 0 Å². The zero-order valence-electron chi connectivity index (χ0n) is 25.4. The van der Waals surface area contributed by atoms with Gasteiger partial charge < -0.3 is 0 Å². The molecule has 0 aliphatic carbocycles. The Hall–Kier alpha value is -5.38. The summed E-state index contributed by atoms with van der Waals surface area (Å²) in [7, 11) is -2.09. The van der Waals surface area contributed by atoms with Gasteiger partial charge in [-0.2, -0.15) is 0 Å². The molecule has 3 heteroatoms. The van der Waals surface area contributed by atoms with Gasteiger partial charge in [0.25, 0.3) is 0 Å². The van der Waals surface area contributed by atoms with Crippen molar-refractivity contribution in [2.75, 3.05) is 0 Å². The molecule has 0 fully saturated rings. The lowest BCUT2D eigenvalue weighted by Crippen LogP contribution is -2.50. The number of nitrogens with zero attached hydrogens (tertiary/aromatic N) is 2. The van der Waals surface area contributed by atoms with Gasteiger partial charge in [0.1, 0.15) is 8.07 Å². The summed E-state index contributed by atoms with van der Waals surface area (Å²) in [5.41, 5.74) is 12.7. The monoisotopic (exact) mass is 592 g/mol. The molecule has 6 aromatic carbocycles. The highest BCUT2D eigenvalue weighted by atomic mass is 28.3. The van der Waals surface area contributed by atoms with Crippen LogP contribution in [-0.2, 0) is 0 Å². The fourth-order valence-corrected chi connectivity index (χ4v) is 9.62. The van der Waals surface area contributed by atoms with Crippen LogP contribution in [0, 0.1) is 0 Å². The number of aromatic nitrogens is 2. The van der Waals surface area contributed by atoms with Crippen molar-refractivity contribution in [3.05, 3.63) is 158 Å². The number of hydrogen-bond acceptors (Lipinski definition) is 2. The van der Waals surface area contributed by atoms with Gasteiger partial charge in [-0.25, -0.2) is 9.97 Å².